The lowest BCUT2D eigenvalue weighted by molar-refractivity contribution is 0.0928. The van der Waals surface area contributed by atoms with Crippen LogP contribution in [-0.4, -0.2) is 18.7 Å². The van der Waals surface area contributed by atoms with Crippen molar-refractivity contribution in [3.05, 3.63) is 65.4 Å². The molecule has 1 aromatic heterocycles. The lowest BCUT2D eigenvalue weighted by Gasteiger charge is -2.07. The topological polar surface area (TPSA) is 63.8 Å². The number of hydrazone groups is 1. The first-order valence-corrected chi connectivity index (χ1v) is 7.58. The predicted octanol–water partition coefficient (Wildman–Crippen LogP) is 3.90. The Kier molecular flexibility index (Phi) is 4.33. The summed E-state index contributed by atoms with van der Waals surface area (Å²) in [5, 5.41) is 5.09. The second kappa shape index (κ2) is 6.58. The average molecular weight is 322 g/mol. The van der Waals surface area contributed by atoms with Crippen molar-refractivity contribution in [1.82, 2.24) is 5.43 Å². The molecule has 0 radical (unpaired) electrons. The van der Waals surface area contributed by atoms with Crippen LogP contribution < -0.4 is 10.2 Å². The van der Waals surface area contributed by atoms with Crippen LogP contribution in [0.3, 0.4) is 0 Å². The Morgan fingerprint density at radius 3 is 2.58 bits per heavy atom. The maximum atomic E-state index is 12.4. The number of fused-ring (bicyclic) bond motifs is 1. The van der Waals surface area contributed by atoms with Gasteiger partial charge in [0.05, 0.1) is 12.8 Å². The standard InChI is InChI=1S/C19H18N2O3/c1-12-14-8-4-7-11-17(14)24-18(12)19(22)21-20-13(2)15-9-5-6-10-16(15)23-3/h4-11H,1-3H3,(H,21,22)/b20-13-. The molecule has 0 fully saturated rings. The first-order chi connectivity index (χ1) is 11.6. The van der Waals surface area contributed by atoms with Gasteiger partial charge in [0.2, 0.25) is 0 Å². The molecule has 1 heterocycles. The highest BCUT2D eigenvalue weighted by molar-refractivity contribution is 6.03. The Labute approximate surface area is 139 Å². The number of nitrogens with one attached hydrogen (secondary N) is 1. The van der Waals surface area contributed by atoms with Crippen molar-refractivity contribution in [3.63, 3.8) is 0 Å². The third-order valence-corrected chi connectivity index (χ3v) is 3.87. The number of carbonyl (C=O) groups excluding carboxylic acids is 1. The van der Waals surface area contributed by atoms with E-state index in [-0.39, 0.29) is 11.7 Å². The molecule has 0 saturated carbocycles. The third-order valence-electron chi connectivity index (χ3n) is 3.87. The molecule has 5 nitrogen and oxygen atoms in total. The van der Waals surface area contributed by atoms with Crippen LogP contribution in [-0.2, 0) is 0 Å². The maximum Gasteiger partial charge on any atom is 0.307 e. The zero-order chi connectivity index (χ0) is 17.1. The molecule has 0 aliphatic carbocycles. The Morgan fingerprint density at radius 2 is 1.83 bits per heavy atom. The largest absolute Gasteiger partial charge is 0.496 e. The molecule has 1 N–H and O–H groups in total. The van der Waals surface area contributed by atoms with E-state index in [1.54, 1.807) is 7.11 Å². The van der Waals surface area contributed by atoms with E-state index in [2.05, 4.69) is 10.5 Å². The van der Waals surface area contributed by atoms with E-state index in [0.717, 1.165) is 16.5 Å². The molecule has 24 heavy (non-hydrogen) atoms. The van der Waals surface area contributed by atoms with Crippen LogP contribution >= 0.6 is 0 Å². The minimum absolute atomic E-state index is 0.271. The van der Waals surface area contributed by atoms with Gasteiger partial charge < -0.3 is 9.15 Å². The molecule has 0 atom stereocenters. The van der Waals surface area contributed by atoms with Crippen molar-refractivity contribution in [2.75, 3.05) is 7.11 Å². The molecule has 1 amide bonds. The summed E-state index contributed by atoms with van der Waals surface area (Å²) >= 11 is 0. The summed E-state index contributed by atoms with van der Waals surface area (Å²) in [6.07, 6.45) is 0. The fraction of sp³-hybridized carbons (Fsp3) is 0.158. The van der Waals surface area contributed by atoms with Crippen molar-refractivity contribution in [2.24, 2.45) is 5.10 Å². The number of hydrogen-bond donors (Lipinski definition) is 1. The van der Waals surface area contributed by atoms with Gasteiger partial charge in [0, 0.05) is 16.5 Å². The van der Waals surface area contributed by atoms with Crippen LogP contribution in [0.1, 0.15) is 28.6 Å². The van der Waals surface area contributed by atoms with Crippen molar-refractivity contribution in [2.45, 2.75) is 13.8 Å². The van der Waals surface area contributed by atoms with Gasteiger partial charge in [-0.15, -0.1) is 0 Å². The minimum atomic E-state index is -0.377. The summed E-state index contributed by atoms with van der Waals surface area (Å²) in [7, 11) is 1.60. The van der Waals surface area contributed by atoms with E-state index in [1.165, 1.54) is 0 Å². The van der Waals surface area contributed by atoms with Gasteiger partial charge in [0.15, 0.2) is 5.76 Å². The summed E-state index contributed by atoms with van der Waals surface area (Å²) in [6, 6.07) is 15.0. The number of para-hydroxylation sites is 2. The molecule has 0 aliphatic rings. The van der Waals surface area contributed by atoms with Crippen LogP contribution in [0.2, 0.25) is 0 Å². The molecule has 2 aromatic carbocycles. The van der Waals surface area contributed by atoms with Gasteiger partial charge in [0.1, 0.15) is 11.3 Å². The molecule has 3 aromatic rings. The number of hydrogen-bond acceptors (Lipinski definition) is 4. The molecule has 0 aliphatic heterocycles. The van der Waals surface area contributed by atoms with E-state index in [0.29, 0.717) is 17.0 Å². The van der Waals surface area contributed by atoms with E-state index in [1.807, 2.05) is 62.4 Å². The summed E-state index contributed by atoms with van der Waals surface area (Å²) in [5.41, 5.74) is 5.50. The Bertz CT molecular complexity index is 925. The smallest absolute Gasteiger partial charge is 0.307 e. The summed E-state index contributed by atoms with van der Waals surface area (Å²) in [6.45, 7) is 3.67. The molecular weight excluding hydrogens is 304 g/mol. The minimum Gasteiger partial charge on any atom is -0.496 e. The van der Waals surface area contributed by atoms with Crippen molar-refractivity contribution >= 4 is 22.6 Å². The quantitative estimate of drug-likeness (QED) is 0.585. The number of amides is 1. The number of carbonyl (C=O) groups is 1. The fourth-order valence-corrected chi connectivity index (χ4v) is 2.58. The van der Waals surface area contributed by atoms with Gasteiger partial charge in [-0.2, -0.15) is 5.10 Å². The highest BCUT2D eigenvalue weighted by atomic mass is 16.5. The van der Waals surface area contributed by atoms with Crippen molar-refractivity contribution in [3.8, 4) is 5.75 Å². The van der Waals surface area contributed by atoms with E-state index >= 15 is 0 Å². The average Bonchev–Trinajstić information content (AvgIpc) is 2.96. The molecule has 5 heteroatoms. The summed E-state index contributed by atoms with van der Waals surface area (Å²) in [4.78, 5) is 12.4. The second-order valence-electron chi connectivity index (χ2n) is 5.39. The first-order valence-electron chi connectivity index (χ1n) is 7.58. The molecule has 3 rings (SSSR count). The zero-order valence-corrected chi connectivity index (χ0v) is 13.8. The Morgan fingerprint density at radius 1 is 1.12 bits per heavy atom. The van der Waals surface area contributed by atoms with Crippen molar-refractivity contribution < 1.29 is 13.9 Å². The second-order valence-corrected chi connectivity index (χ2v) is 5.39. The van der Waals surface area contributed by atoms with Crippen molar-refractivity contribution in [1.29, 1.82) is 0 Å². The molecule has 0 bridgehead atoms. The van der Waals surface area contributed by atoms with Crippen LogP contribution in [0.5, 0.6) is 5.75 Å². The first kappa shape index (κ1) is 15.8. The number of methoxy groups -OCH3 is 1. The number of aryl methyl sites for hydroxylation is 1. The maximum absolute atomic E-state index is 12.4. The lowest BCUT2D eigenvalue weighted by Crippen LogP contribution is -2.19. The summed E-state index contributed by atoms with van der Waals surface area (Å²) in [5.74, 6) is 0.596. The number of rotatable bonds is 4. The van der Waals surface area contributed by atoms with Gasteiger partial charge >= 0.3 is 5.91 Å². The highest BCUT2D eigenvalue weighted by Gasteiger charge is 2.17. The normalized spacial score (nSPS) is 11.5. The highest BCUT2D eigenvalue weighted by Crippen LogP contribution is 2.24. The number of benzene rings is 2. The van der Waals surface area contributed by atoms with Gasteiger partial charge in [-0.3, -0.25) is 4.79 Å². The SMILES string of the molecule is COc1ccccc1/C(C)=N\NC(=O)c1oc2ccccc2c1C. The molecular formula is C19H18N2O3. The fourth-order valence-electron chi connectivity index (χ4n) is 2.58. The van der Waals surface area contributed by atoms with E-state index in [9.17, 15) is 4.79 Å². The monoisotopic (exact) mass is 322 g/mol. The molecule has 0 saturated heterocycles. The zero-order valence-electron chi connectivity index (χ0n) is 13.8. The molecule has 0 unspecified atom stereocenters. The Balaban J connectivity index is 1.85. The van der Waals surface area contributed by atoms with Crippen LogP contribution in [0, 0.1) is 6.92 Å². The van der Waals surface area contributed by atoms with E-state index < -0.39 is 0 Å². The third kappa shape index (κ3) is 2.88. The molecule has 122 valence electrons. The number of ether oxygens (including phenoxy) is 1. The van der Waals surface area contributed by atoms with Crippen LogP contribution in [0.4, 0.5) is 0 Å². The van der Waals surface area contributed by atoms with Gasteiger partial charge in [-0.25, -0.2) is 5.43 Å². The van der Waals surface area contributed by atoms with Gasteiger partial charge in [-0.05, 0) is 32.0 Å². The predicted molar refractivity (Wildman–Crippen MR) is 93.6 cm³/mol. The number of furan rings is 1. The van der Waals surface area contributed by atoms with Crippen LogP contribution in [0.15, 0.2) is 58.0 Å². The van der Waals surface area contributed by atoms with Gasteiger partial charge in [-0.1, -0.05) is 30.3 Å². The lowest BCUT2D eigenvalue weighted by atomic mass is 10.1. The van der Waals surface area contributed by atoms with Crippen LogP contribution in [0.25, 0.3) is 11.0 Å². The molecule has 0 spiro atoms. The van der Waals surface area contributed by atoms with E-state index in [4.69, 9.17) is 9.15 Å². The van der Waals surface area contributed by atoms with Gasteiger partial charge in [0.25, 0.3) is 0 Å². The summed E-state index contributed by atoms with van der Waals surface area (Å²) < 4.78 is 10.9. The Hall–Kier alpha value is -3.08. The number of nitrogens with zero attached hydrogens (tertiary/aromatic N) is 1.